The summed E-state index contributed by atoms with van der Waals surface area (Å²) in [6, 6.07) is 6.83. The molecule has 0 heterocycles. The summed E-state index contributed by atoms with van der Waals surface area (Å²) in [5.41, 5.74) is 0.427. The first-order valence-corrected chi connectivity index (χ1v) is 13.5. The highest BCUT2D eigenvalue weighted by atomic mass is 127. The Morgan fingerprint density at radius 1 is 1.26 bits per heavy atom. The maximum atomic E-state index is 13.2. The molecule has 1 aromatic rings. The number of para-hydroxylation sites is 1. The molecule has 35 heavy (non-hydrogen) atoms. The van der Waals surface area contributed by atoms with Crippen molar-refractivity contribution in [3.8, 4) is 5.75 Å². The Hall–Kier alpha value is -1.69. The molecule has 0 saturated carbocycles. The minimum atomic E-state index is -1.02. The van der Waals surface area contributed by atoms with E-state index in [2.05, 4.69) is 27.9 Å². The predicted molar refractivity (Wildman–Crippen MR) is 143 cm³/mol. The van der Waals surface area contributed by atoms with Gasteiger partial charge in [-0.1, -0.05) is 25.5 Å². The lowest BCUT2D eigenvalue weighted by atomic mass is 9.87. The molecule has 8 nitrogen and oxygen atoms in total. The van der Waals surface area contributed by atoms with Crippen molar-refractivity contribution in [2.24, 2.45) is 0 Å². The molecule has 0 radical (unpaired) electrons. The van der Waals surface area contributed by atoms with Gasteiger partial charge in [-0.05, 0) is 67.5 Å². The lowest BCUT2D eigenvalue weighted by Crippen LogP contribution is -2.55. The van der Waals surface area contributed by atoms with Crippen molar-refractivity contribution >= 4 is 34.4 Å². The molecule has 196 valence electrons. The molecule has 0 bridgehead atoms. The van der Waals surface area contributed by atoms with Crippen LogP contribution in [0.4, 0.5) is 0 Å². The number of nitrogens with zero attached hydrogens (tertiary/aromatic N) is 1. The van der Waals surface area contributed by atoms with Gasteiger partial charge in [-0.3, -0.25) is 9.59 Å². The zero-order valence-electron chi connectivity index (χ0n) is 20.9. The molecule has 9 heteroatoms. The first-order valence-electron chi connectivity index (χ1n) is 12.4. The number of ether oxygens (including phenoxy) is 2. The van der Waals surface area contributed by atoms with E-state index < -0.39 is 18.2 Å². The van der Waals surface area contributed by atoms with E-state index in [0.29, 0.717) is 37.3 Å². The Bertz CT molecular complexity index is 847. The molecule has 2 rings (SSSR count). The Balaban J connectivity index is 2.32. The van der Waals surface area contributed by atoms with Gasteiger partial charge in [0.05, 0.1) is 22.3 Å². The Morgan fingerprint density at radius 2 is 2.00 bits per heavy atom. The SMILES string of the molecule is CCCCC(=O)N(CCCOC(C)C)C1CC(C(=O)NCCO)=CC(Oc2ccccc2I)C1O. The van der Waals surface area contributed by atoms with Gasteiger partial charge >= 0.3 is 0 Å². The summed E-state index contributed by atoms with van der Waals surface area (Å²) >= 11 is 2.16. The van der Waals surface area contributed by atoms with E-state index in [0.717, 1.165) is 16.4 Å². The minimum Gasteiger partial charge on any atom is -0.482 e. The van der Waals surface area contributed by atoms with Crippen molar-refractivity contribution in [1.82, 2.24) is 10.2 Å². The van der Waals surface area contributed by atoms with Gasteiger partial charge in [0.2, 0.25) is 11.8 Å². The average Bonchev–Trinajstić information content (AvgIpc) is 2.83. The van der Waals surface area contributed by atoms with Crippen LogP contribution in [0, 0.1) is 3.57 Å². The zero-order chi connectivity index (χ0) is 25.8. The van der Waals surface area contributed by atoms with E-state index in [1.165, 1.54) is 0 Å². The standard InChI is InChI=1S/C26H39IN2O6/c1-4-5-11-24(31)29(13-8-15-34-18(2)3)21-16-19(26(33)28-12-14-30)17-23(25(21)32)35-22-10-7-6-9-20(22)27/h6-7,9-10,17-18,21,23,25,30,32H,4-5,8,11-16H2,1-3H3,(H,28,33). The molecular weight excluding hydrogens is 563 g/mol. The Labute approximate surface area is 222 Å². The molecule has 3 N–H and O–H groups in total. The van der Waals surface area contributed by atoms with Crippen LogP contribution in [0.5, 0.6) is 5.75 Å². The van der Waals surface area contributed by atoms with E-state index in [4.69, 9.17) is 14.6 Å². The van der Waals surface area contributed by atoms with Gasteiger partial charge in [-0.25, -0.2) is 0 Å². The van der Waals surface area contributed by atoms with Gasteiger partial charge in [0.25, 0.3) is 0 Å². The van der Waals surface area contributed by atoms with E-state index >= 15 is 0 Å². The monoisotopic (exact) mass is 602 g/mol. The summed E-state index contributed by atoms with van der Waals surface area (Å²) in [5, 5.41) is 23.2. The van der Waals surface area contributed by atoms with Crippen LogP contribution in [0.1, 0.15) is 52.9 Å². The van der Waals surface area contributed by atoms with Crippen LogP contribution in [0.2, 0.25) is 0 Å². The number of unbranched alkanes of at least 4 members (excludes halogenated alkanes) is 1. The maximum absolute atomic E-state index is 13.2. The summed E-state index contributed by atoms with van der Waals surface area (Å²) in [5.74, 6) is 0.209. The zero-order valence-corrected chi connectivity index (χ0v) is 23.1. The summed E-state index contributed by atoms with van der Waals surface area (Å²) in [7, 11) is 0. The number of halogens is 1. The lowest BCUT2D eigenvalue weighted by Gasteiger charge is -2.40. The fourth-order valence-electron chi connectivity index (χ4n) is 3.97. The smallest absolute Gasteiger partial charge is 0.247 e. The summed E-state index contributed by atoms with van der Waals surface area (Å²) in [6.45, 7) is 6.81. The van der Waals surface area contributed by atoms with Crippen molar-refractivity contribution in [3.05, 3.63) is 39.5 Å². The second-order valence-corrected chi connectivity index (χ2v) is 10.1. The van der Waals surface area contributed by atoms with Crippen LogP contribution in [-0.4, -0.2) is 77.6 Å². The molecule has 0 saturated heterocycles. The van der Waals surface area contributed by atoms with E-state index in [1.54, 1.807) is 11.0 Å². The van der Waals surface area contributed by atoms with Crippen molar-refractivity contribution in [2.45, 2.75) is 77.2 Å². The van der Waals surface area contributed by atoms with Gasteiger partial charge in [0, 0.05) is 38.1 Å². The quantitative estimate of drug-likeness (QED) is 0.223. The Kier molecular flexibility index (Phi) is 13.0. The number of hydrogen-bond donors (Lipinski definition) is 3. The Morgan fingerprint density at radius 3 is 2.66 bits per heavy atom. The average molecular weight is 603 g/mol. The molecule has 1 aliphatic carbocycles. The minimum absolute atomic E-state index is 0.0505. The van der Waals surface area contributed by atoms with Gasteiger partial charge in [-0.15, -0.1) is 0 Å². The third kappa shape index (κ3) is 9.36. The fourth-order valence-corrected chi connectivity index (χ4v) is 4.48. The molecule has 0 fully saturated rings. The lowest BCUT2D eigenvalue weighted by molar-refractivity contribution is -0.139. The second-order valence-electron chi connectivity index (χ2n) is 8.91. The normalized spacial score (nSPS) is 19.9. The number of aliphatic hydroxyl groups excluding tert-OH is 2. The fraction of sp³-hybridized carbons (Fsp3) is 0.615. The second kappa shape index (κ2) is 15.4. The maximum Gasteiger partial charge on any atom is 0.247 e. The molecule has 3 unspecified atom stereocenters. The molecule has 0 spiro atoms. The highest BCUT2D eigenvalue weighted by molar-refractivity contribution is 14.1. The topological polar surface area (TPSA) is 108 Å². The third-order valence-corrected chi connectivity index (χ3v) is 6.66. The number of amides is 2. The van der Waals surface area contributed by atoms with E-state index in [-0.39, 0.29) is 37.5 Å². The van der Waals surface area contributed by atoms with Gasteiger partial charge in [-0.2, -0.15) is 0 Å². The summed E-state index contributed by atoms with van der Waals surface area (Å²) in [4.78, 5) is 27.7. The molecule has 1 aromatic carbocycles. The van der Waals surface area contributed by atoms with Gasteiger partial charge < -0.3 is 29.9 Å². The molecule has 2 amide bonds. The first-order chi connectivity index (χ1) is 16.8. The number of hydrogen-bond acceptors (Lipinski definition) is 6. The van der Waals surface area contributed by atoms with Crippen LogP contribution in [0.3, 0.4) is 0 Å². The van der Waals surface area contributed by atoms with Crippen molar-refractivity contribution in [3.63, 3.8) is 0 Å². The van der Waals surface area contributed by atoms with Crippen molar-refractivity contribution in [1.29, 1.82) is 0 Å². The summed E-state index contributed by atoms with van der Waals surface area (Å²) in [6.07, 6.45) is 2.74. The third-order valence-electron chi connectivity index (χ3n) is 5.77. The highest BCUT2D eigenvalue weighted by Crippen LogP contribution is 2.30. The van der Waals surface area contributed by atoms with Gasteiger partial charge in [0.15, 0.2) is 0 Å². The van der Waals surface area contributed by atoms with Crippen LogP contribution in [-0.2, 0) is 14.3 Å². The van der Waals surface area contributed by atoms with Crippen LogP contribution in [0.25, 0.3) is 0 Å². The largest absolute Gasteiger partial charge is 0.482 e. The van der Waals surface area contributed by atoms with Crippen molar-refractivity contribution in [2.75, 3.05) is 26.3 Å². The van der Waals surface area contributed by atoms with Crippen molar-refractivity contribution < 1.29 is 29.3 Å². The van der Waals surface area contributed by atoms with Crippen LogP contribution in [0.15, 0.2) is 35.9 Å². The molecule has 3 atom stereocenters. The van der Waals surface area contributed by atoms with E-state index in [9.17, 15) is 14.7 Å². The predicted octanol–water partition coefficient (Wildman–Crippen LogP) is 3.04. The number of carbonyl (C=O) groups excluding carboxylic acids is 2. The molecular formula is C26H39IN2O6. The van der Waals surface area contributed by atoms with Crippen LogP contribution >= 0.6 is 22.6 Å². The molecule has 0 aromatic heterocycles. The number of nitrogens with one attached hydrogen (secondary N) is 1. The number of benzene rings is 1. The molecule has 0 aliphatic heterocycles. The number of carbonyl (C=O) groups is 2. The van der Waals surface area contributed by atoms with Crippen LogP contribution < -0.4 is 10.1 Å². The first kappa shape index (κ1) is 29.5. The summed E-state index contributed by atoms with van der Waals surface area (Å²) < 4.78 is 12.7. The van der Waals surface area contributed by atoms with Gasteiger partial charge in [0.1, 0.15) is 18.0 Å². The highest BCUT2D eigenvalue weighted by Gasteiger charge is 2.40. The number of aliphatic hydroxyl groups is 2. The number of rotatable bonds is 14. The molecule has 1 aliphatic rings. The van der Waals surface area contributed by atoms with E-state index in [1.807, 2.05) is 45.0 Å².